The molecule has 0 unspecified atom stereocenters. The lowest BCUT2D eigenvalue weighted by molar-refractivity contribution is -0.147. The summed E-state index contributed by atoms with van der Waals surface area (Å²) in [5.74, 6) is -1.24. The fourth-order valence-electron chi connectivity index (χ4n) is 1.91. The molecule has 0 aromatic carbocycles. The molecular weight excluding hydrogens is 300 g/mol. The second-order valence-corrected chi connectivity index (χ2v) is 5.37. The third kappa shape index (κ3) is 13.7. The van der Waals surface area contributed by atoms with Crippen molar-refractivity contribution in [3.63, 3.8) is 0 Å². The van der Waals surface area contributed by atoms with Gasteiger partial charge in [-0.15, -0.1) is 0 Å². The summed E-state index contributed by atoms with van der Waals surface area (Å²) in [4.78, 5) is 45.5. The van der Waals surface area contributed by atoms with Gasteiger partial charge in [0, 0.05) is 12.8 Å². The van der Waals surface area contributed by atoms with E-state index >= 15 is 0 Å². The second kappa shape index (κ2) is 13.9. The van der Waals surface area contributed by atoms with Gasteiger partial charge in [0.25, 0.3) is 0 Å². The first-order valence-corrected chi connectivity index (χ1v) is 8.34. The summed E-state index contributed by atoms with van der Waals surface area (Å²) < 4.78 is 9.62. The number of hydrogen-bond acceptors (Lipinski definition) is 6. The maximum absolute atomic E-state index is 11.6. The number of hydrogen-bond donors (Lipinski definition) is 0. The molecule has 0 saturated heterocycles. The highest BCUT2D eigenvalue weighted by molar-refractivity contribution is 5.96. The van der Waals surface area contributed by atoms with Crippen LogP contribution < -0.4 is 0 Å². The molecule has 6 nitrogen and oxygen atoms in total. The standard InChI is InChI=1S/C17H28O6/c1-3-5-11-23-17(21)13-15(19)10-8-6-7-9-14(18)12-16(20)22-4-2/h3-13H2,1-2H3. The Kier molecular flexibility index (Phi) is 12.9. The molecule has 0 aliphatic heterocycles. The van der Waals surface area contributed by atoms with Gasteiger partial charge < -0.3 is 9.47 Å². The van der Waals surface area contributed by atoms with Crippen LogP contribution in [0.25, 0.3) is 0 Å². The molecule has 23 heavy (non-hydrogen) atoms. The van der Waals surface area contributed by atoms with Gasteiger partial charge >= 0.3 is 11.9 Å². The molecule has 6 heteroatoms. The van der Waals surface area contributed by atoms with E-state index in [0.717, 1.165) is 12.8 Å². The van der Waals surface area contributed by atoms with Gasteiger partial charge in [-0.2, -0.15) is 0 Å². The van der Waals surface area contributed by atoms with Gasteiger partial charge in [-0.25, -0.2) is 0 Å². The Morgan fingerprint density at radius 1 is 0.696 bits per heavy atom. The van der Waals surface area contributed by atoms with Gasteiger partial charge in [0.1, 0.15) is 24.4 Å². The first kappa shape index (κ1) is 21.3. The molecule has 0 aliphatic rings. The zero-order valence-corrected chi connectivity index (χ0v) is 14.2. The third-order valence-electron chi connectivity index (χ3n) is 3.16. The molecule has 0 saturated carbocycles. The average Bonchev–Trinajstić information content (AvgIpc) is 2.47. The van der Waals surface area contributed by atoms with Crippen LogP contribution in [0.2, 0.25) is 0 Å². The van der Waals surface area contributed by atoms with Crippen molar-refractivity contribution in [1.82, 2.24) is 0 Å². The number of rotatable bonds is 14. The number of unbranched alkanes of at least 4 members (excludes halogenated alkanes) is 3. The molecule has 132 valence electrons. The first-order chi connectivity index (χ1) is 11.0. The lowest BCUT2D eigenvalue weighted by atomic mass is 10.1. The van der Waals surface area contributed by atoms with Gasteiger partial charge in [0.2, 0.25) is 0 Å². The van der Waals surface area contributed by atoms with Crippen molar-refractivity contribution in [2.24, 2.45) is 0 Å². The third-order valence-corrected chi connectivity index (χ3v) is 3.16. The van der Waals surface area contributed by atoms with Gasteiger partial charge in [0.05, 0.1) is 13.2 Å². The minimum atomic E-state index is -0.491. The fourth-order valence-corrected chi connectivity index (χ4v) is 1.91. The van der Waals surface area contributed by atoms with Crippen molar-refractivity contribution >= 4 is 23.5 Å². The molecule has 0 heterocycles. The quantitative estimate of drug-likeness (QED) is 0.277. The molecular formula is C17H28O6. The van der Waals surface area contributed by atoms with Crippen LogP contribution in [0.3, 0.4) is 0 Å². The lowest BCUT2D eigenvalue weighted by Gasteiger charge is -2.04. The normalized spacial score (nSPS) is 10.2. The van der Waals surface area contributed by atoms with Crippen LogP contribution >= 0.6 is 0 Å². The van der Waals surface area contributed by atoms with E-state index < -0.39 is 11.9 Å². The predicted octanol–water partition coefficient (Wildman–Crippen LogP) is 2.76. The molecule has 0 aromatic heterocycles. The van der Waals surface area contributed by atoms with Crippen LogP contribution in [0, 0.1) is 0 Å². The molecule has 0 spiro atoms. The van der Waals surface area contributed by atoms with Crippen LogP contribution in [0.15, 0.2) is 0 Å². The van der Waals surface area contributed by atoms with E-state index in [1.165, 1.54) is 0 Å². The zero-order chi connectivity index (χ0) is 17.5. The second-order valence-electron chi connectivity index (χ2n) is 5.37. The molecule has 0 aromatic rings. The number of ether oxygens (including phenoxy) is 2. The fraction of sp³-hybridized carbons (Fsp3) is 0.765. The topological polar surface area (TPSA) is 86.7 Å². The average molecular weight is 328 g/mol. The molecule has 0 atom stereocenters. The number of ketones is 2. The minimum absolute atomic E-state index is 0.135. The van der Waals surface area contributed by atoms with Crippen LogP contribution in [-0.4, -0.2) is 36.7 Å². The Balaban J connectivity index is 3.60. The molecule has 0 radical (unpaired) electrons. The predicted molar refractivity (Wildman–Crippen MR) is 84.8 cm³/mol. The van der Waals surface area contributed by atoms with E-state index in [0.29, 0.717) is 38.7 Å². The van der Waals surface area contributed by atoms with Gasteiger partial charge in [-0.3, -0.25) is 19.2 Å². The highest BCUT2D eigenvalue weighted by atomic mass is 16.5. The maximum Gasteiger partial charge on any atom is 0.313 e. The summed E-state index contributed by atoms with van der Waals surface area (Å²) in [7, 11) is 0. The summed E-state index contributed by atoms with van der Waals surface area (Å²) in [6, 6.07) is 0. The maximum atomic E-state index is 11.6. The summed E-state index contributed by atoms with van der Waals surface area (Å²) in [6.45, 7) is 4.33. The van der Waals surface area contributed by atoms with Gasteiger partial charge in [0.15, 0.2) is 0 Å². The van der Waals surface area contributed by atoms with Crippen molar-refractivity contribution in [3.8, 4) is 0 Å². The molecule has 0 amide bonds. The molecule has 0 fully saturated rings. The largest absolute Gasteiger partial charge is 0.466 e. The highest BCUT2D eigenvalue weighted by Crippen LogP contribution is 2.07. The lowest BCUT2D eigenvalue weighted by Crippen LogP contribution is -2.12. The van der Waals surface area contributed by atoms with E-state index in [4.69, 9.17) is 9.47 Å². The van der Waals surface area contributed by atoms with Crippen molar-refractivity contribution in [2.45, 2.75) is 71.6 Å². The highest BCUT2D eigenvalue weighted by Gasteiger charge is 2.12. The Bertz CT molecular complexity index is 389. The molecule has 0 aliphatic carbocycles. The summed E-state index contributed by atoms with van der Waals surface area (Å²) in [6.07, 6.45) is 3.99. The van der Waals surface area contributed by atoms with E-state index in [9.17, 15) is 19.2 Å². The Morgan fingerprint density at radius 2 is 1.22 bits per heavy atom. The van der Waals surface area contributed by atoms with Crippen molar-refractivity contribution in [3.05, 3.63) is 0 Å². The van der Waals surface area contributed by atoms with Crippen molar-refractivity contribution < 1.29 is 28.7 Å². The monoisotopic (exact) mass is 328 g/mol. The molecule has 0 rings (SSSR count). The van der Waals surface area contributed by atoms with Crippen LogP contribution in [0.4, 0.5) is 0 Å². The Morgan fingerprint density at radius 3 is 1.70 bits per heavy atom. The van der Waals surface area contributed by atoms with E-state index in [2.05, 4.69) is 0 Å². The summed E-state index contributed by atoms with van der Waals surface area (Å²) in [5.41, 5.74) is 0. The van der Waals surface area contributed by atoms with E-state index in [-0.39, 0.29) is 31.0 Å². The number of Topliss-reactive ketones (excluding diaryl/α,β-unsaturated/α-hetero) is 2. The van der Waals surface area contributed by atoms with Crippen LogP contribution in [0.1, 0.15) is 71.6 Å². The first-order valence-electron chi connectivity index (χ1n) is 8.34. The van der Waals surface area contributed by atoms with E-state index in [1.54, 1.807) is 6.92 Å². The summed E-state index contributed by atoms with van der Waals surface area (Å²) in [5, 5.41) is 0. The van der Waals surface area contributed by atoms with Crippen molar-refractivity contribution in [2.75, 3.05) is 13.2 Å². The molecule has 0 N–H and O–H groups in total. The Hall–Kier alpha value is -1.72. The Labute approximate surface area is 137 Å². The smallest absolute Gasteiger partial charge is 0.313 e. The minimum Gasteiger partial charge on any atom is -0.466 e. The number of carbonyl (C=O) groups excluding carboxylic acids is 4. The van der Waals surface area contributed by atoms with E-state index in [1.807, 2.05) is 6.92 Å². The number of esters is 2. The zero-order valence-electron chi connectivity index (χ0n) is 14.2. The van der Waals surface area contributed by atoms with Crippen LogP contribution in [0.5, 0.6) is 0 Å². The van der Waals surface area contributed by atoms with Gasteiger partial charge in [-0.1, -0.05) is 19.8 Å². The summed E-state index contributed by atoms with van der Waals surface area (Å²) >= 11 is 0. The van der Waals surface area contributed by atoms with Crippen molar-refractivity contribution in [1.29, 1.82) is 0 Å². The SMILES string of the molecule is CCCCOC(=O)CC(=O)CCCCCC(=O)CC(=O)OCC. The van der Waals surface area contributed by atoms with Crippen LogP contribution in [-0.2, 0) is 28.7 Å². The van der Waals surface area contributed by atoms with Gasteiger partial charge in [-0.05, 0) is 26.2 Å². The number of carbonyl (C=O) groups is 4. The molecule has 0 bridgehead atoms.